The van der Waals surface area contributed by atoms with Crippen molar-refractivity contribution < 1.29 is 19.1 Å². The smallest absolute Gasteiger partial charge is 0.264 e. The average molecular weight is 410 g/mol. The first-order valence-electron chi connectivity index (χ1n) is 10.6. The van der Waals surface area contributed by atoms with E-state index in [2.05, 4.69) is 4.57 Å². The number of imidazole rings is 1. The molecule has 5 rings (SSSR count). The van der Waals surface area contributed by atoms with Gasteiger partial charge in [-0.05, 0) is 18.6 Å². The Kier molecular flexibility index (Phi) is 4.94. The molecule has 8 heteroatoms. The fraction of sp³-hybridized carbons (Fsp3) is 0.500. The van der Waals surface area contributed by atoms with Gasteiger partial charge in [0.25, 0.3) is 5.91 Å². The lowest BCUT2D eigenvalue weighted by Gasteiger charge is -2.35. The van der Waals surface area contributed by atoms with Gasteiger partial charge in [0.2, 0.25) is 5.91 Å². The van der Waals surface area contributed by atoms with E-state index in [1.807, 2.05) is 47.2 Å². The SMILES string of the molecule is C[C@H]1c2nc(CC(=O)N3CCOCC3)cn2CCN1C(=O)[C@@H]1Cc2ccccc2O1. The predicted octanol–water partition coefficient (Wildman–Crippen LogP) is 1.19. The molecule has 3 aliphatic heterocycles. The van der Waals surface area contributed by atoms with E-state index >= 15 is 0 Å². The third kappa shape index (κ3) is 3.45. The predicted molar refractivity (Wildman–Crippen MR) is 108 cm³/mol. The van der Waals surface area contributed by atoms with Gasteiger partial charge in [-0.3, -0.25) is 9.59 Å². The maximum atomic E-state index is 13.2. The molecular weight excluding hydrogens is 384 g/mol. The lowest BCUT2D eigenvalue weighted by molar-refractivity contribution is -0.141. The highest BCUT2D eigenvalue weighted by Crippen LogP contribution is 2.32. The van der Waals surface area contributed by atoms with E-state index in [-0.39, 0.29) is 24.3 Å². The van der Waals surface area contributed by atoms with Crippen molar-refractivity contribution in [2.24, 2.45) is 0 Å². The Bertz CT molecular complexity index is 941. The van der Waals surface area contributed by atoms with E-state index in [1.54, 1.807) is 0 Å². The molecule has 2 atom stereocenters. The van der Waals surface area contributed by atoms with Crippen LogP contribution in [0.25, 0.3) is 0 Å². The Balaban J connectivity index is 1.27. The third-order valence-electron chi connectivity index (χ3n) is 6.18. The maximum absolute atomic E-state index is 13.2. The molecule has 0 N–H and O–H groups in total. The number of fused-ring (bicyclic) bond motifs is 2. The Morgan fingerprint density at radius 2 is 1.93 bits per heavy atom. The largest absolute Gasteiger partial charge is 0.480 e. The highest BCUT2D eigenvalue weighted by atomic mass is 16.5. The Morgan fingerprint density at radius 3 is 2.73 bits per heavy atom. The molecular formula is C22H26N4O4. The van der Waals surface area contributed by atoms with Gasteiger partial charge in [-0.1, -0.05) is 18.2 Å². The molecule has 4 heterocycles. The molecule has 3 aliphatic rings. The summed E-state index contributed by atoms with van der Waals surface area (Å²) < 4.78 is 13.3. The van der Waals surface area contributed by atoms with Crippen molar-refractivity contribution in [2.45, 2.75) is 38.5 Å². The molecule has 2 amide bonds. The number of para-hydroxylation sites is 1. The van der Waals surface area contributed by atoms with Crippen LogP contribution in [0, 0.1) is 0 Å². The first-order chi connectivity index (χ1) is 14.6. The molecule has 0 spiro atoms. The minimum absolute atomic E-state index is 0.00102. The second kappa shape index (κ2) is 7.75. The molecule has 158 valence electrons. The summed E-state index contributed by atoms with van der Waals surface area (Å²) in [4.78, 5) is 34.1. The van der Waals surface area contributed by atoms with E-state index in [9.17, 15) is 9.59 Å². The van der Waals surface area contributed by atoms with Crippen molar-refractivity contribution in [3.05, 3.63) is 47.5 Å². The fourth-order valence-corrected chi connectivity index (χ4v) is 4.52. The Hall–Kier alpha value is -2.87. The van der Waals surface area contributed by atoms with Gasteiger partial charge in [0.15, 0.2) is 6.10 Å². The number of ether oxygens (including phenoxy) is 2. The monoisotopic (exact) mass is 410 g/mol. The summed E-state index contributed by atoms with van der Waals surface area (Å²) in [6.07, 6.45) is 2.36. The number of aromatic nitrogens is 2. The van der Waals surface area contributed by atoms with E-state index in [0.717, 1.165) is 22.8 Å². The van der Waals surface area contributed by atoms with Gasteiger partial charge < -0.3 is 23.8 Å². The van der Waals surface area contributed by atoms with Gasteiger partial charge >= 0.3 is 0 Å². The molecule has 1 aromatic carbocycles. The number of hydrogen-bond donors (Lipinski definition) is 0. The molecule has 0 saturated carbocycles. The van der Waals surface area contributed by atoms with Crippen LogP contribution in [0.5, 0.6) is 5.75 Å². The average Bonchev–Trinajstić information content (AvgIpc) is 3.38. The highest BCUT2D eigenvalue weighted by Gasteiger charge is 2.37. The summed E-state index contributed by atoms with van der Waals surface area (Å²) in [6.45, 7) is 5.72. The van der Waals surface area contributed by atoms with E-state index in [1.165, 1.54) is 0 Å². The van der Waals surface area contributed by atoms with E-state index < -0.39 is 6.10 Å². The lowest BCUT2D eigenvalue weighted by atomic mass is 10.1. The Morgan fingerprint density at radius 1 is 1.13 bits per heavy atom. The summed E-state index contributed by atoms with van der Waals surface area (Å²) in [5.74, 6) is 1.70. The van der Waals surface area contributed by atoms with Crippen LogP contribution >= 0.6 is 0 Å². The molecule has 1 aromatic heterocycles. The van der Waals surface area contributed by atoms with Crippen LogP contribution in [0.1, 0.15) is 30.0 Å². The molecule has 0 aliphatic carbocycles. The van der Waals surface area contributed by atoms with Gasteiger partial charge in [0, 0.05) is 38.8 Å². The molecule has 2 aromatic rings. The van der Waals surface area contributed by atoms with Crippen LogP contribution in [0.15, 0.2) is 30.5 Å². The second-order valence-electron chi connectivity index (χ2n) is 8.08. The van der Waals surface area contributed by atoms with E-state index in [0.29, 0.717) is 45.8 Å². The van der Waals surface area contributed by atoms with Crippen molar-refractivity contribution in [2.75, 3.05) is 32.8 Å². The molecule has 0 unspecified atom stereocenters. The summed E-state index contributed by atoms with van der Waals surface area (Å²) in [7, 11) is 0. The third-order valence-corrected chi connectivity index (χ3v) is 6.18. The van der Waals surface area contributed by atoms with Crippen molar-refractivity contribution in [3.63, 3.8) is 0 Å². The van der Waals surface area contributed by atoms with Crippen LogP contribution < -0.4 is 4.74 Å². The van der Waals surface area contributed by atoms with Gasteiger partial charge in [0.05, 0.1) is 31.4 Å². The van der Waals surface area contributed by atoms with Gasteiger partial charge in [-0.25, -0.2) is 4.98 Å². The van der Waals surface area contributed by atoms with Crippen molar-refractivity contribution >= 4 is 11.8 Å². The number of benzene rings is 1. The summed E-state index contributed by atoms with van der Waals surface area (Å²) in [6, 6.07) is 7.64. The minimum Gasteiger partial charge on any atom is -0.480 e. The quantitative estimate of drug-likeness (QED) is 0.760. The number of morpholine rings is 1. The maximum Gasteiger partial charge on any atom is 0.264 e. The van der Waals surface area contributed by atoms with Gasteiger partial charge in [-0.2, -0.15) is 0 Å². The van der Waals surface area contributed by atoms with Crippen LogP contribution in [-0.4, -0.2) is 70.1 Å². The molecule has 8 nitrogen and oxygen atoms in total. The van der Waals surface area contributed by atoms with Crippen molar-refractivity contribution in [3.8, 4) is 5.75 Å². The number of carbonyl (C=O) groups excluding carboxylic acids is 2. The lowest BCUT2D eigenvalue weighted by Crippen LogP contribution is -2.47. The van der Waals surface area contributed by atoms with E-state index in [4.69, 9.17) is 14.5 Å². The number of nitrogens with zero attached hydrogens (tertiary/aromatic N) is 4. The zero-order chi connectivity index (χ0) is 20.7. The van der Waals surface area contributed by atoms with Crippen LogP contribution in [-0.2, 0) is 33.7 Å². The van der Waals surface area contributed by atoms with Gasteiger partial charge in [0.1, 0.15) is 11.6 Å². The first-order valence-corrected chi connectivity index (χ1v) is 10.6. The zero-order valence-electron chi connectivity index (χ0n) is 17.1. The molecule has 0 bridgehead atoms. The highest BCUT2D eigenvalue weighted by molar-refractivity contribution is 5.83. The second-order valence-corrected chi connectivity index (χ2v) is 8.08. The Labute approximate surface area is 175 Å². The van der Waals surface area contributed by atoms with Crippen molar-refractivity contribution in [1.29, 1.82) is 0 Å². The molecule has 1 saturated heterocycles. The number of hydrogen-bond acceptors (Lipinski definition) is 5. The van der Waals surface area contributed by atoms with Crippen LogP contribution in [0.3, 0.4) is 0 Å². The standard InChI is InChI=1S/C22H26N4O4/c1-15-21-23-17(13-20(27)24-8-10-29-11-9-24)14-25(21)6-7-26(15)22(28)19-12-16-4-2-3-5-18(16)30-19/h2-5,14-15,19H,6-13H2,1H3/t15-,19-/m0/s1. The molecule has 1 fully saturated rings. The summed E-state index contributed by atoms with van der Waals surface area (Å²) >= 11 is 0. The minimum atomic E-state index is -0.478. The number of amides is 2. The molecule has 0 radical (unpaired) electrons. The first kappa shape index (κ1) is 19.1. The summed E-state index contributed by atoms with van der Waals surface area (Å²) in [5.41, 5.74) is 1.83. The fourth-order valence-electron chi connectivity index (χ4n) is 4.52. The van der Waals surface area contributed by atoms with Gasteiger partial charge in [-0.15, -0.1) is 0 Å². The van der Waals surface area contributed by atoms with Crippen LogP contribution in [0.2, 0.25) is 0 Å². The normalized spacial score (nSPS) is 23.0. The van der Waals surface area contributed by atoms with Crippen molar-refractivity contribution in [1.82, 2.24) is 19.4 Å². The number of rotatable bonds is 3. The topological polar surface area (TPSA) is 76.9 Å². The zero-order valence-corrected chi connectivity index (χ0v) is 17.1. The number of carbonyl (C=O) groups is 2. The molecule has 30 heavy (non-hydrogen) atoms. The van der Waals surface area contributed by atoms with Crippen LogP contribution in [0.4, 0.5) is 0 Å². The summed E-state index contributed by atoms with van der Waals surface area (Å²) in [5, 5.41) is 0.